The Morgan fingerprint density at radius 2 is 2.10 bits per heavy atom. The molecule has 7 nitrogen and oxygen atoms in total. The molecule has 8 heteroatoms. The van der Waals surface area contributed by atoms with Gasteiger partial charge in [-0.2, -0.15) is 4.31 Å². The molecule has 0 saturated carbocycles. The maximum Gasteiger partial charge on any atom is 0.241 e. The van der Waals surface area contributed by atoms with E-state index in [2.05, 4.69) is 5.32 Å². The lowest BCUT2D eigenvalue weighted by Crippen LogP contribution is -2.49. The fourth-order valence-electron chi connectivity index (χ4n) is 2.90. The lowest BCUT2D eigenvalue weighted by atomic mass is 10.2. The molecule has 1 unspecified atom stereocenters. The summed E-state index contributed by atoms with van der Waals surface area (Å²) in [6.45, 7) is 3.29. The van der Waals surface area contributed by atoms with Gasteiger partial charge in [0.05, 0.1) is 12.3 Å². The maximum atomic E-state index is 12.6. The molecule has 0 radical (unpaired) electrons. The molecule has 1 atom stereocenters. The van der Waals surface area contributed by atoms with Crippen LogP contribution in [-0.2, 0) is 19.6 Å². The number of carbonyl (C=O) groups excluding carboxylic acids is 2. The van der Waals surface area contributed by atoms with Gasteiger partial charge in [0.15, 0.2) is 0 Å². The first-order valence-corrected chi connectivity index (χ1v) is 9.11. The number of nitrogens with zero attached hydrogens (tertiary/aromatic N) is 2. The molecule has 2 heterocycles. The van der Waals surface area contributed by atoms with E-state index >= 15 is 0 Å². The highest BCUT2D eigenvalue weighted by molar-refractivity contribution is 7.89. The highest BCUT2D eigenvalue weighted by Gasteiger charge is 2.40. The molecular weight excluding hydrogens is 294 g/mol. The molecule has 2 rings (SSSR count). The Hall–Kier alpha value is -1.15. The van der Waals surface area contributed by atoms with Gasteiger partial charge >= 0.3 is 0 Å². The van der Waals surface area contributed by atoms with Crippen LogP contribution in [0.3, 0.4) is 0 Å². The molecule has 2 fully saturated rings. The van der Waals surface area contributed by atoms with Crippen molar-refractivity contribution in [3.05, 3.63) is 0 Å². The summed E-state index contributed by atoms with van der Waals surface area (Å²) in [5.74, 6) is -0.344. The number of nitrogens with one attached hydrogen (secondary N) is 1. The molecule has 2 aliphatic rings. The third kappa shape index (κ3) is 3.74. The molecule has 2 aliphatic heterocycles. The van der Waals surface area contributed by atoms with Crippen LogP contribution >= 0.6 is 0 Å². The third-order valence-corrected chi connectivity index (χ3v) is 5.96. The standard InChI is InChI=1S/C13H23N3O4S/c1-2-9-21(19,20)16-8-3-5-11(16)13(18)15-7-4-6-14-12(17)10-15/h11H,2-10H2,1H3,(H,14,17). The Kier molecular flexibility index (Phi) is 5.21. The Labute approximate surface area is 125 Å². The van der Waals surface area contributed by atoms with Crippen LogP contribution in [0.1, 0.15) is 32.6 Å². The third-order valence-electron chi connectivity index (χ3n) is 3.88. The summed E-state index contributed by atoms with van der Waals surface area (Å²) in [5.41, 5.74) is 0. The fraction of sp³-hybridized carbons (Fsp3) is 0.846. The second-order valence-electron chi connectivity index (χ2n) is 5.55. The molecule has 120 valence electrons. The second-order valence-corrected chi connectivity index (χ2v) is 7.59. The maximum absolute atomic E-state index is 12.6. The van der Waals surface area contributed by atoms with E-state index in [0.717, 1.165) is 0 Å². The zero-order chi connectivity index (χ0) is 15.5. The quantitative estimate of drug-likeness (QED) is 0.760. The largest absolute Gasteiger partial charge is 0.354 e. The predicted octanol–water partition coefficient (Wildman–Crippen LogP) is -0.461. The smallest absolute Gasteiger partial charge is 0.241 e. The summed E-state index contributed by atoms with van der Waals surface area (Å²) in [7, 11) is -3.38. The van der Waals surface area contributed by atoms with E-state index in [1.165, 1.54) is 9.21 Å². The van der Waals surface area contributed by atoms with E-state index in [9.17, 15) is 18.0 Å². The summed E-state index contributed by atoms with van der Waals surface area (Å²) in [5, 5.41) is 2.72. The molecular formula is C13H23N3O4S. The van der Waals surface area contributed by atoms with Gasteiger partial charge in [-0.25, -0.2) is 8.42 Å². The van der Waals surface area contributed by atoms with Gasteiger partial charge in [-0.15, -0.1) is 0 Å². The molecule has 0 aromatic heterocycles. The second kappa shape index (κ2) is 6.74. The highest BCUT2D eigenvalue weighted by atomic mass is 32.2. The molecule has 2 saturated heterocycles. The van der Waals surface area contributed by atoms with Crippen molar-refractivity contribution in [1.82, 2.24) is 14.5 Å². The van der Waals surface area contributed by atoms with Crippen LogP contribution in [0.4, 0.5) is 0 Å². The van der Waals surface area contributed by atoms with Gasteiger partial charge in [0.1, 0.15) is 6.04 Å². The van der Waals surface area contributed by atoms with Gasteiger partial charge in [-0.05, 0) is 25.7 Å². The van der Waals surface area contributed by atoms with Crippen molar-refractivity contribution in [1.29, 1.82) is 0 Å². The van der Waals surface area contributed by atoms with Gasteiger partial charge in [0.25, 0.3) is 0 Å². The van der Waals surface area contributed by atoms with Crippen molar-refractivity contribution in [3.8, 4) is 0 Å². The summed E-state index contributed by atoms with van der Waals surface area (Å²) in [4.78, 5) is 25.6. The first-order valence-electron chi connectivity index (χ1n) is 7.50. The molecule has 0 aliphatic carbocycles. The zero-order valence-corrected chi connectivity index (χ0v) is 13.2. The first-order chi connectivity index (χ1) is 9.95. The van der Waals surface area contributed by atoms with Crippen LogP contribution in [0.25, 0.3) is 0 Å². The highest BCUT2D eigenvalue weighted by Crippen LogP contribution is 2.23. The molecule has 0 bridgehead atoms. The van der Waals surface area contributed by atoms with Gasteiger partial charge in [-0.3, -0.25) is 9.59 Å². The van der Waals surface area contributed by atoms with Crippen molar-refractivity contribution in [2.45, 2.75) is 38.6 Å². The van der Waals surface area contributed by atoms with E-state index in [4.69, 9.17) is 0 Å². The van der Waals surface area contributed by atoms with Crippen LogP contribution in [0.2, 0.25) is 0 Å². The lowest BCUT2D eigenvalue weighted by Gasteiger charge is -2.28. The van der Waals surface area contributed by atoms with Crippen LogP contribution in [0, 0.1) is 0 Å². The molecule has 0 aromatic rings. The lowest BCUT2D eigenvalue weighted by molar-refractivity contribution is -0.137. The van der Waals surface area contributed by atoms with Gasteiger partial charge in [0, 0.05) is 19.6 Å². The summed E-state index contributed by atoms with van der Waals surface area (Å²) < 4.78 is 25.8. The van der Waals surface area contributed by atoms with Crippen molar-refractivity contribution >= 4 is 21.8 Å². The molecule has 0 spiro atoms. The summed E-state index contributed by atoms with van der Waals surface area (Å²) in [6, 6.07) is -0.632. The Morgan fingerprint density at radius 1 is 1.33 bits per heavy atom. The summed E-state index contributed by atoms with van der Waals surface area (Å²) in [6.07, 6.45) is 2.47. The van der Waals surface area contributed by atoms with E-state index in [-0.39, 0.29) is 24.1 Å². The molecule has 0 aromatic carbocycles. The first kappa shape index (κ1) is 16.2. The minimum atomic E-state index is -3.38. The Bertz CT molecular complexity index is 506. The number of sulfonamides is 1. The number of hydrogen-bond acceptors (Lipinski definition) is 4. The van der Waals surface area contributed by atoms with Gasteiger partial charge < -0.3 is 10.2 Å². The number of rotatable bonds is 4. The molecule has 21 heavy (non-hydrogen) atoms. The number of carbonyl (C=O) groups is 2. The van der Waals surface area contributed by atoms with Crippen LogP contribution in [0.5, 0.6) is 0 Å². The fourth-order valence-corrected chi connectivity index (χ4v) is 4.64. The average Bonchev–Trinajstić information content (AvgIpc) is 2.82. The summed E-state index contributed by atoms with van der Waals surface area (Å²) >= 11 is 0. The zero-order valence-electron chi connectivity index (χ0n) is 12.4. The number of hydrogen-bond donors (Lipinski definition) is 1. The van der Waals surface area contributed by atoms with E-state index < -0.39 is 16.1 Å². The van der Waals surface area contributed by atoms with Crippen molar-refractivity contribution in [2.24, 2.45) is 0 Å². The minimum absolute atomic E-state index is 0.0248. The van der Waals surface area contributed by atoms with Gasteiger partial charge in [0.2, 0.25) is 21.8 Å². The van der Waals surface area contributed by atoms with E-state index in [0.29, 0.717) is 45.3 Å². The van der Waals surface area contributed by atoms with Crippen LogP contribution < -0.4 is 5.32 Å². The van der Waals surface area contributed by atoms with E-state index in [1.807, 2.05) is 6.92 Å². The topological polar surface area (TPSA) is 86.8 Å². The Morgan fingerprint density at radius 3 is 2.81 bits per heavy atom. The minimum Gasteiger partial charge on any atom is -0.354 e. The molecule has 1 N–H and O–H groups in total. The monoisotopic (exact) mass is 317 g/mol. The number of amides is 2. The normalized spacial score (nSPS) is 24.7. The SMILES string of the molecule is CCCS(=O)(=O)N1CCCC1C(=O)N1CCCNC(=O)C1. The Balaban J connectivity index is 2.11. The van der Waals surface area contributed by atoms with Crippen LogP contribution in [-0.4, -0.2) is 67.4 Å². The molecule has 2 amide bonds. The van der Waals surface area contributed by atoms with Crippen LogP contribution in [0.15, 0.2) is 0 Å². The van der Waals surface area contributed by atoms with Crippen molar-refractivity contribution in [2.75, 3.05) is 31.9 Å². The van der Waals surface area contributed by atoms with Crippen molar-refractivity contribution in [3.63, 3.8) is 0 Å². The van der Waals surface area contributed by atoms with Crippen molar-refractivity contribution < 1.29 is 18.0 Å². The average molecular weight is 317 g/mol. The predicted molar refractivity (Wildman–Crippen MR) is 78.0 cm³/mol. The van der Waals surface area contributed by atoms with Gasteiger partial charge in [-0.1, -0.05) is 6.92 Å². The van der Waals surface area contributed by atoms with E-state index in [1.54, 1.807) is 0 Å².